The molecule has 1 aromatic rings. The Bertz CT molecular complexity index is 347. The number of morpholine rings is 1. The lowest BCUT2D eigenvalue weighted by Gasteiger charge is -2.24. The third-order valence-electron chi connectivity index (χ3n) is 2.73. The fourth-order valence-corrected chi connectivity index (χ4v) is 2.56. The lowest BCUT2D eigenvalue weighted by atomic mass is 10.1. The second-order valence-corrected chi connectivity index (χ2v) is 5.09. The van der Waals surface area contributed by atoms with Gasteiger partial charge in [0, 0.05) is 19.1 Å². The number of hydrogen-bond acceptors (Lipinski definition) is 4. The number of rotatable bonds is 4. The van der Waals surface area contributed by atoms with E-state index in [1.165, 1.54) is 5.56 Å². The molecule has 1 fully saturated rings. The van der Waals surface area contributed by atoms with Crippen LogP contribution in [-0.4, -0.2) is 37.7 Å². The van der Waals surface area contributed by atoms with Gasteiger partial charge in [-0.25, -0.2) is 0 Å². The molecule has 4 nitrogen and oxygen atoms in total. The summed E-state index contributed by atoms with van der Waals surface area (Å²) >= 11 is 1.68. The first-order chi connectivity index (χ1) is 8.25. The van der Waals surface area contributed by atoms with E-state index in [-0.39, 0.29) is 18.1 Å². The molecule has 2 N–H and O–H groups in total. The number of carbonyl (C=O) groups is 1. The van der Waals surface area contributed by atoms with Gasteiger partial charge in [-0.2, -0.15) is 11.3 Å². The predicted molar refractivity (Wildman–Crippen MR) is 68.2 cm³/mol. The summed E-state index contributed by atoms with van der Waals surface area (Å²) in [4.78, 5) is 11.9. The molecule has 0 spiro atoms. The molecular weight excluding hydrogens is 236 g/mol. The van der Waals surface area contributed by atoms with Gasteiger partial charge in [-0.1, -0.05) is 0 Å². The quantitative estimate of drug-likeness (QED) is 0.835. The lowest BCUT2D eigenvalue weighted by molar-refractivity contribution is -0.134. The number of amides is 1. The monoisotopic (exact) mass is 254 g/mol. The lowest BCUT2D eigenvalue weighted by Crippen LogP contribution is -2.50. The molecule has 0 bridgehead atoms. The van der Waals surface area contributed by atoms with E-state index in [9.17, 15) is 4.79 Å². The minimum Gasteiger partial charge on any atom is -0.366 e. The summed E-state index contributed by atoms with van der Waals surface area (Å²) in [6, 6.07) is 2.23. The van der Waals surface area contributed by atoms with Crippen molar-refractivity contribution in [2.75, 3.05) is 19.7 Å². The van der Waals surface area contributed by atoms with E-state index in [1.54, 1.807) is 11.3 Å². The Labute approximate surface area is 105 Å². The average Bonchev–Trinajstić information content (AvgIpc) is 2.82. The largest absolute Gasteiger partial charge is 0.366 e. The second kappa shape index (κ2) is 6.14. The molecule has 1 aliphatic rings. The molecule has 0 aromatic carbocycles. The van der Waals surface area contributed by atoms with Crippen LogP contribution in [0.2, 0.25) is 0 Å². The van der Waals surface area contributed by atoms with E-state index < -0.39 is 0 Å². The van der Waals surface area contributed by atoms with Crippen LogP contribution in [0.25, 0.3) is 0 Å². The molecule has 17 heavy (non-hydrogen) atoms. The SMILES string of the molecule is CC(Cc1ccsc1)NC(=O)C1CNCCO1. The van der Waals surface area contributed by atoms with Crippen LogP contribution in [-0.2, 0) is 16.0 Å². The summed E-state index contributed by atoms with van der Waals surface area (Å²) in [5.41, 5.74) is 1.27. The summed E-state index contributed by atoms with van der Waals surface area (Å²) in [6.07, 6.45) is 0.531. The minimum absolute atomic E-state index is 0.0140. The Balaban J connectivity index is 1.77. The number of nitrogens with one attached hydrogen (secondary N) is 2. The van der Waals surface area contributed by atoms with Crippen LogP contribution in [0, 0.1) is 0 Å². The van der Waals surface area contributed by atoms with Gasteiger partial charge < -0.3 is 15.4 Å². The molecule has 2 unspecified atom stereocenters. The maximum Gasteiger partial charge on any atom is 0.250 e. The van der Waals surface area contributed by atoms with Crippen LogP contribution in [0.3, 0.4) is 0 Å². The zero-order chi connectivity index (χ0) is 12.1. The van der Waals surface area contributed by atoms with E-state index in [1.807, 2.05) is 6.92 Å². The number of hydrogen-bond donors (Lipinski definition) is 2. The van der Waals surface area contributed by atoms with Gasteiger partial charge >= 0.3 is 0 Å². The van der Waals surface area contributed by atoms with Crippen LogP contribution in [0.5, 0.6) is 0 Å². The van der Waals surface area contributed by atoms with E-state index >= 15 is 0 Å². The van der Waals surface area contributed by atoms with Crippen molar-refractivity contribution in [1.82, 2.24) is 10.6 Å². The van der Waals surface area contributed by atoms with Gasteiger partial charge in [0.15, 0.2) is 0 Å². The first-order valence-electron chi connectivity index (χ1n) is 5.89. The average molecular weight is 254 g/mol. The Morgan fingerprint density at radius 1 is 1.76 bits per heavy atom. The number of thiophene rings is 1. The van der Waals surface area contributed by atoms with Gasteiger partial charge in [-0.05, 0) is 35.7 Å². The molecule has 94 valence electrons. The molecular formula is C12H18N2O2S. The van der Waals surface area contributed by atoms with Gasteiger partial charge in [0.1, 0.15) is 6.10 Å². The number of carbonyl (C=O) groups excluding carboxylic acids is 1. The molecule has 2 heterocycles. The molecule has 0 saturated carbocycles. The van der Waals surface area contributed by atoms with Gasteiger partial charge in [0.2, 0.25) is 0 Å². The van der Waals surface area contributed by atoms with Crippen molar-refractivity contribution in [3.63, 3.8) is 0 Å². The highest BCUT2D eigenvalue weighted by Crippen LogP contribution is 2.08. The second-order valence-electron chi connectivity index (χ2n) is 4.31. The molecule has 5 heteroatoms. The Hall–Kier alpha value is -0.910. The summed E-state index contributed by atoms with van der Waals surface area (Å²) in [6.45, 7) is 4.06. The zero-order valence-corrected chi connectivity index (χ0v) is 10.8. The summed E-state index contributed by atoms with van der Waals surface area (Å²) in [5.74, 6) is -0.0140. The molecule has 0 aliphatic carbocycles. The van der Waals surface area contributed by atoms with Crippen molar-refractivity contribution in [2.45, 2.75) is 25.5 Å². The van der Waals surface area contributed by atoms with Crippen molar-refractivity contribution in [1.29, 1.82) is 0 Å². The normalized spacial score (nSPS) is 22.1. The zero-order valence-electron chi connectivity index (χ0n) is 9.94. The Kier molecular flexibility index (Phi) is 4.53. The van der Waals surface area contributed by atoms with Crippen LogP contribution in [0.15, 0.2) is 16.8 Å². The third-order valence-corrected chi connectivity index (χ3v) is 3.46. The fraction of sp³-hybridized carbons (Fsp3) is 0.583. The smallest absolute Gasteiger partial charge is 0.250 e. The van der Waals surface area contributed by atoms with Crippen molar-refractivity contribution >= 4 is 17.2 Å². The molecule has 1 aromatic heterocycles. The van der Waals surface area contributed by atoms with Gasteiger partial charge in [-0.15, -0.1) is 0 Å². The maximum absolute atomic E-state index is 11.9. The summed E-state index contributed by atoms with van der Waals surface area (Å²) < 4.78 is 5.40. The topological polar surface area (TPSA) is 50.4 Å². The maximum atomic E-state index is 11.9. The van der Waals surface area contributed by atoms with E-state index in [0.717, 1.165) is 13.0 Å². The minimum atomic E-state index is -0.339. The van der Waals surface area contributed by atoms with Crippen LogP contribution in [0.4, 0.5) is 0 Å². The van der Waals surface area contributed by atoms with Gasteiger partial charge in [0.05, 0.1) is 6.61 Å². The van der Waals surface area contributed by atoms with Crippen LogP contribution >= 0.6 is 11.3 Å². The summed E-state index contributed by atoms with van der Waals surface area (Å²) in [7, 11) is 0. The van der Waals surface area contributed by atoms with Gasteiger partial charge in [0.25, 0.3) is 5.91 Å². The molecule has 2 atom stereocenters. The predicted octanol–water partition coefficient (Wildman–Crippen LogP) is 0.784. The highest BCUT2D eigenvalue weighted by molar-refractivity contribution is 7.07. The van der Waals surface area contributed by atoms with Crippen molar-refractivity contribution in [2.24, 2.45) is 0 Å². The first-order valence-corrected chi connectivity index (χ1v) is 6.84. The molecule has 1 aliphatic heterocycles. The van der Waals surface area contributed by atoms with E-state index in [2.05, 4.69) is 27.5 Å². The summed E-state index contributed by atoms with van der Waals surface area (Å²) in [5, 5.41) is 10.3. The molecule has 0 radical (unpaired) electrons. The highest BCUT2D eigenvalue weighted by Gasteiger charge is 2.22. The van der Waals surface area contributed by atoms with E-state index in [4.69, 9.17) is 4.74 Å². The van der Waals surface area contributed by atoms with Crippen molar-refractivity contribution in [3.05, 3.63) is 22.4 Å². The molecule has 1 amide bonds. The van der Waals surface area contributed by atoms with Gasteiger partial charge in [-0.3, -0.25) is 4.79 Å². The fourth-order valence-electron chi connectivity index (χ4n) is 1.88. The Morgan fingerprint density at radius 2 is 2.65 bits per heavy atom. The number of ether oxygens (including phenoxy) is 1. The van der Waals surface area contributed by atoms with Crippen LogP contribution in [0.1, 0.15) is 12.5 Å². The van der Waals surface area contributed by atoms with Crippen molar-refractivity contribution < 1.29 is 9.53 Å². The third kappa shape index (κ3) is 3.80. The Morgan fingerprint density at radius 3 is 3.29 bits per heavy atom. The molecule has 1 saturated heterocycles. The van der Waals surface area contributed by atoms with Crippen LogP contribution < -0.4 is 10.6 Å². The first kappa shape index (κ1) is 12.5. The van der Waals surface area contributed by atoms with Crippen molar-refractivity contribution in [3.8, 4) is 0 Å². The molecule has 2 rings (SSSR count). The standard InChI is InChI=1S/C12H18N2O2S/c1-9(6-10-2-5-17-8-10)14-12(15)11-7-13-3-4-16-11/h2,5,8-9,11,13H,3-4,6-7H2,1H3,(H,14,15). The highest BCUT2D eigenvalue weighted by atomic mass is 32.1. The van der Waals surface area contributed by atoms with E-state index in [0.29, 0.717) is 13.2 Å².